The van der Waals surface area contributed by atoms with Gasteiger partial charge < -0.3 is 11.5 Å². The summed E-state index contributed by atoms with van der Waals surface area (Å²) >= 11 is 0. The molecule has 0 aliphatic carbocycles. The highest BCUT2D eigenvalue weighted by atomic mass is 16.6. The molecule has 7 nitrogen and oxygen atoms in total. The van der Waals surface area contributed by atoms with Gasteiger partial charge in [0.15, 0.2) is 0 Å². The van der Waals surface area contributed by atoms with Gasteiger partial charge in [-0.1, -0.05) is 0 Å². The average Bonchev–Trinajstić information content (AvgIpc) is 2.17. The van der Waals surface area contributed by atoms with E-state index in [0.717, 1.165) is 5.01 Å². The number of nitro groups is 1. The summed E-state index contributed by atoms with van der Waals surface area (Å²) < 4.78 is 0. The maximum absolute atomic E-state index is 10.7. The molecule has 0 amide bonds. The highest BCUT2D eigenvalue weighted by Crippen LogP contribution is 2.28. The summed E-state index contributed by atoms with van der Waals surface area (Å²) in [7, 11) is 0. The molecule has 0 aliphatic heterocycles. The topological polar surface area (TPSA) is 124 Å². The SMILES string of the molecule is N/C=C\N(N)c1ccc(N)cc1[N+](=O)[O-]. The molecule has 1 aromatic rings. The van der Waals surface area contributed by atoms with Crippen LogP contribution in [0.2, 0.25) is 0 Å². The van der Waals surface area contributed by atoms with Crippen LogP contribution in [-0.2, 0) is 0 Å². The number of anilines is 2. The molecule has 0 bridgehead atoms. The lowest BCUT2D eigenvalue weighted by Gasteiger charge is -2.13. The molecule has 0 spiro atoms. The van der Waals surface area contributed by atoms with Gasteiger partial charge in [0, 0.05) is 24.2 Å². The van der Waals surface area contributed by atoms with Gasteiger partial charge in [-0.05, 0) is 12.1 Å². The van der Waals surface area contributed by atoms with Crippen LogP contribution < -0.4 is 22.3 Å². The van der Waals surface area contributed by atoms with E-state index in [1.807, 2.05) is 0 Å². The van der Waals surface area contributed by atoms with Crippen LogP contribution >= 0.6 is 0 Å². The van der Waals surface area contributed by atoms with Crippen molar-refractivity contribution >= 4 is 17.1 Å². The van der Waals surface area contributed by atoms with Crippen LogP contribution in [0.1, 0.15) is 0 Å². The van der Waals surface area contributed by atoms with Crippen molar-refractivity contribution in [2.75, 3.05) is 10.7 Å². The lowest BCUT2D eigenvalue weighted by Crippen LogP contribution is -2.25. The molecule has 0 atom stereocenters. The molecule has 1 aromatic carbocycles. The van der Waals surface area contributed by atoms with Crippen molar-refractivity contribution in [2.24, 2.45) is 11.6 Å². The molecule has 1 rings (SSSR count). The Morgan fingerprint density at radius 1 is 1.47 bits per heavy atom. The fraction of sp³-hybridized carbons (Fsp3) is 0. The summed E-state index contributed by atoms with van der Waals surface area (Å²) in [6.45, 7) is 0. The minimum absolute atomic E-state index is 0.171. The standard InChI is InChI=1S/C8H11N5O2/c9-3-4-12(11)7-2-1-6(10)5-8(7)13(14)15/h1-5H,9-11H2/b4-3-. The van der Waals surface area contributed by atoms with Crippen molar-refractivity contribution in [1.29, 1.82) is 0 Å². The van der Waals surface area contributed by atoms with Crippen LogP contribution in [0.15, 0.2) is 30.6 Å². The zero-order chi connectivity index (χ0) is 11.4. The van der Waals surface area contributed by atoms with E-state index in [0.29, 0.717) is 5.69 Å². The van der Waals surface area contributed by atoms with Gasteiger partial charge in [-0.2, -0.15) is 0 Å². The first-order chi connectivity index (χ1) is 7.06. The summed E-state index contributed by atoms with van der Waals surface area (Å²) in [6.07, 6.45) is 2.48. The van der Waals surface area contributed by atoms with E-state index in [-0.39, 0.29) is 11.4 Å². The average molecular weight is 209 g/mol. The molecule has 80 valence electrons. The highest BCUT2D eigenvalue weighted by molar-refractivity contribution is 5.68. The number of benzene rings is 1. The molecule has 0 saturated heterocycles. The summed E-state index contributed by atoms with van der Waals surface area (Å²) in [4.78, 5) is 10.1. The van der Waals surface area contributed by atoms with Gasteiger partial charge >= 0.3 is 0 Å². The first kappa shape index (κ1) is 10.8. The highest BCUT2D eigenvalue weighted by Gasteiger charge is 2.16. The fourth-order valence-electron chi connectivity index (χ4n) is 1.08. The van der Waals surface area contributed by atoms with Crippen molar-refractivity contribution in [3.05, 3.63) is 40.7 Å². The van der Waals surface area contributed by atoms with Crippen molar-refractivity contribution in [1.82, 2.24) is 0 Å². The molecular formula is C8H11N5O2. The maximum Gasteiger partial charge on any atom is 0.296 e. The summed E-state index contributed by atoms with van der Waals surface area (Å²) in [5, 5.41) is 11.7. The quantitative estimate of drug-likeness (QED) is 0.284. The van der Waals surface area contributed by atoms with E-state index in [4.69, 9.17) is 17.3 Å². The summed E-state index contributed by atoms with van der Waals surface area (Å²) in [6, 6.07) is 4.21. The molecule has 15 heavy (non-hydrogen) atoms. The maximum atomic E-state index is 10.7. The van der Waals surface area contributed by atoms with Gasteiger partial charge in [0.1, 0.15) is 5.69 Å². The van der Waals surface area contributed by atoms with Crippen LogP contribution in [0.25, 0.3) is 0 Å². The number of hydrogen-bond acceptors (Lipinski definition) is 6. The van der Waals surface area contributed by atoms with Crippen LogP contribution in [0.4, 0.5) is 17.1 Å². The lowest BCUT2D eigenvalue weighted by molar-refractivity contribution is -0.384. The van der Waals surface area contributed by atoms with Crippen molar-refractivity contribution in [3.8, 4) is 0 Å². The Balaban J connectivity index is 3.22. The minimum atomic E-state index is -0.560. The van der Waals surface area contributed by atoms with Crippen molar-refractivity contribution in [3.63, 3.8) is 0 Å². The number of rotatable bonds is 3. The lowest BCUT2D eigenvalue weighted by atomic mass is 10.2. The van der Waals surface area contributed by atoms with Crippen LogP contribution in [0.5, 0.6) is 0 Å². The molecule has 7 heteroatoms. The van der Waals surface area contributed by atoms with E-state index in [1.54, 1.807) is 0 Å². The van der Waals surface area contributed by atoms with Gasteiger partial charge in [-0.15, -0.1) is 0 Å². The Bertz CT molecular complexity index is 404. The van der Waals surface area contributed by atoms with E-state index < -0.39 is 4.92 Å². The molecule has 6 N–H and O–H groups in total. The number of nitro benzene ring substituents is 1. The fourth-order valence-corrected chi connectivity index (χ4v) is 1.08. The second kappa shape index (κ2) is 4.29. The zero-order valence-corrected chi connectivity index (χ0v) is 7.83. The Labute approximate surface area is 85.9 Å². The molecule has 0 aromatic heterocycles. The molecular weight excluding hydrogens is 198 g/mol. The number of hydrazine groups is 1. The Morgan fingerprint density at radius 3 is 2.67 bits per heavy atom. The predicted octanol–water partition coefficient (Wildman–Crippen LogP) is 0.287. The van der Waals surface area contributed by atoms with E-state index in [2.05, 4.69) is 0 Å². The zero-order valence-electron chi connectivity index (χ0n) is 7.83. The number of nitrogen functional groups attached to an aromatic ring is 1. The second-order valence-corrected chi connectivity index (χ2v) is 2.75. The first-order valence-corrected chi connectivity index (χ1v) is 4.02. The molecule has 0 radical (unpaired) electrons. The van der Waals surface area contributed by atoms with Crippen molar-refractivity contribution in [2.45, 2.75) is 0 Å². The third-order valence-electron chi connectivity index (χ3n) is 1.72. The Kier molecular flexibility index (Phi) is 3.09. The number of hydrogen-bond donors (Lipinski definition) is 3. The molecule has 0 aliphatic rings. The molecule has 0 fully saturated rings. The van der Waals surface area contributed by atoms with E-state index in [9.17, 15) is 10.1 Å². The summed E-state index contributed by atoms with van der Waals surface area (Å²) in [5.41, 5.74) is 10.9. The predicted molar refractivity (Wildman–Crippen MR) is 57.5 cm³/mol. The minimum Gasteiger partial charge on any atom is -0.403 e. The van der Waals surface area contributed by atoms with E-state index >= 15 is 0 Å². The molecule has 0 unspecified atom stereocenters. The third-order valence-corrected chi connectivity index (χ3v) is 1.72. The van der Waals surface area contributed by atoms with Gasteiger partial charge in [0.25, 0.3) is 5.69 Å². The third kappa shape index (κ3) is 2.35. The Hall–Kier alpha value is -2.28. The largest absolute Gasteiger partial charge is 0.403 e. The van der Waals surface area contributed by atoms with Gasteiger partial charge in [-0.3, -0.25) is 15.1 Å². The van der Waals surface area contributed by atoms with Gasteiger partial charge in [-0.25, -0.2) is 5.84 Å². The van der Waals surface area contributed by atoms with Crippen LogP contribution in [0, 0.1) is 10.1 Å². The first-order valence-electron chi connectivity index (χ1n) is 4.02. The van der Waals surface area contributed by atoms with Gasteiger partial charge in [0.05, 0.1) is 4.92 Å². The normalized spacial score (nSPS) is 10.5. The monoisotopic (exact) mass is 209 g/mol. The van der Waals surface area contributed by atoms with Crippen LogP contribution in [-0.4, -0.2) is 4.92 Å². The summed E-state index contributed by atoms with van der Waals surface area (Å²) in [5.74, 6) is 5.52. The smallest absolute Gasteiger partial charge is 0.296 e. The molecule has 0 saturated carbocycles. The van der Waals surface area contributed by atoms with Gasteiger partial charge in [0.2, 0.25) is 0 Å². The van der Waals surface area contributed by atoms with Crippen molar-refractivity contribution < 1.29 is 4.92 Å². The number of nitrogens with two attached hydrogens (primary N) is 3. The number of nitrogens with zero attached hydrogens (tertiary/aromatic N) is 2. The second-order valence-electron chi connectivity index (χ2n) is 2.75. The van der Waals surface area contributed by atoms with Crippen LogP contribution in [0.3, 0.4) is 0 Å². The Morgan fingerprint density at radius 2 is 2.13 bits per heavy atom. The van der Waals surface area contributed by atoms with E-state index in [1.165, 1.54) is 30.6 Å². The molecule has 0 heterocycles.